The van der Waals surface area contributed by atoms with E-state index in [-0.39, 0.29) is 11.8 Å². The van der Waals surface area contributed by atoms with Gasteiger partial charge in [-0.3, -0.25) is 14.6 Å². The Morgan fingerprint density at radius 3 is 2.55 bits per heavy atom. The van der Waals surface area contributed by atoms with Crippen molar-refractivity contribution < 1.29 is 9.59 Å². The Labute approximate surface area is 201 Å². The Bertz CT molecular complexity index is 949. The minimum atomic E-state index is 0.248. The maximum atomic E-state index is 13.4. The van der Waals surface area contributed by atoms with E-state index in [9.17, 15) is 9.59 Å². The fraction of sp³-hybridized carbons (Fsp3) is 0.593. The number of piperidine rings is 2. The van der Waals surface area contributed by atoms with Gasteiger partial charge in [0.1, 0.15) is 0 Å². The van der Waals surface area contributed by atoms with Gasteiger partial charge in [-0.1, -0.05) is 12.8 Å². The molecule has 0 spiro atoms. The van der Waals surface area contributed by atoms with Gasteiger partial charge in [0, 0.05) is 54.7 Å². The van der Waals surface area contributed by atoms with Gasteiger partial charge in [-0.05, 0) is 80.5 Å². The number of rotatable bonds is 5. The Morgan fingerprint density at radius 2 is 1.73 bits per heavy atom. The van der Waals surface area contributed by atoms with E-state index in [1.54, 1.807) is 23.7 Å². The summed E-state index contributed by atoms with van der Waals surface area (Å²) in [5.41, 5.74) is 2.05. The van der Waals surface area contributed by atoms with E-state index in [1.807, 2.05) is 17.0 Å². The summed E-state index contributed by atoms with van der Waals surface area (Å²) < 4.78 is 0. The molecule has 2 amide bonds. The van der Waals surface area contributed by atoms with Crippen LogP contribution in [0.25, 0.3) is 0 Å². The number of fused-ring (bicyclic) bond motifs is 1. The number of hydrogen-bond acceptors (Lipinski definition) is 4. The molecule has 33 heavy (non-hydrogen) atoms. The minimum Gasteiger partial charge on any atom is -0.343 e. The Balaban J connectivity index is 1.14. The van der Waals surface area contributed by atoms with Crippen molar-refractivity contribution in [3.63, 3.8) is 0 Å². The molecule has 3 fully saturated rings. The molecule has 2 aliphatic heterocycles. The van der Waals surface area contributed by atoms with Crippen molar-refractivity contribution in [1.82, 2.24) is 14.8 Å². The van der Waals surface area contributed by atoms with Crippen LogP contribution in [0.4, 0.5) is 0 Å². The van der Waals surface area contributed by atoms with Gasteiger partial charge in [0.05, 0.1) is 5.56 Å². The summed E-state index contributed by atoms with van der Waals surface area (Å²) in [7, 11) is 0. The van der Waals surface area contributed by atoms with Gasteiger partial charge in [0.15, 0.2) is 0 Å². The zero-order valence-electron chi connectivity index (χ0n) is 19.5. The number of aromatic nitrogens is 1. The smallest absolute Gasteiger partial charge is 0.254 e. The summed E-state index contributed by atoms with van der Waals surface area (Å²) in [4.78, 5) is 35.6. The summed E-state index contributed by atoms with van der Waals surface area (Å²) in [6.45, 7) is 2.55. The highest BCUT2D eigenvalue weighted by molar-refractivity contribution is 7.10. The van der Waals surface area contributed by atoms with Crippen LogP contribution in [0.2, 0.25) is 0 Å². The molecule has 0 N–H and O–H groups in total. The minimum absolute atomic E-state index is 0.248. The molecule has 5 nitrogen and oxygen atoms in total. The molecule has 4 heterocycles. The van der Waals surface area contributed by atoms with E-state index >= 15 is 0 Å². The Kier molecular flexibility index (Phi) is 7.10. The van der Waals surface area contributed by atoms with Gasteiger partial charge in [-0.15, -0.1) is 11.3 Å². The second-order valence-corrected chi connectivity index (χ2v) is 10.9. The molecule has 2 atom stereocenters. The van der Waals surface area contributed by atoms with Crippen LogP contribution in [0.1, 0.15) is 84.5 Å². The third-order valence-electron chi connectivity index (χ3n) is 8.00. The quantitative estimate of drug-likeness (QED) is 0.604. The molecule has 0 bridgehead atoms. The van der Waals surface area contributed by atoms with Crippen molar-refractivity contribution in [3.05, 3.63) is 52.0 Å². The number of likely N-dealkylation sites (tertiary alicyclic amines) is 2. The van der Waals surface area contributed by atoms with Gasteiger partial charge >= 0.3 is 0 Å². The average Bonchev–Trinajstić information content (AvgIpc) is 3.38. The topological polar surface area (TPSA) is 53.5 Å². The molecule has 2 unspecified atom stereocenters. The monoisotopic (exact) mass is 465 g/mol. The molecular weight excluding hydrogens is 430 g/mol. The van der Waals surface area contributed by atoms with E-state index in [4.69, 9.17) is 0 Å². The van der Waals surface area contributed by atoms with Crippen LogP contribution in [0.3, 0.4) is 0 Å². The van der Waals surface area contributed by atoms with E-state index < -0.39 is 0 Å². The van der Waals surface area contributed by atoms with Crippen LogP contribution in [0.5, 0.6) is 0 Å². The molecule has 2 saturated heterocycles. The van der Waals surface area contributed by atoms with Crippen molar-refractivity contribution in [2.45, 2.75) is 76.2 Å². The fourth-order valence-corrected chi connectivity index (χ4v) is 7.15. The summed E-state index contributed by atoms with van der Waals surface area (Å²) >= 11 is 1.74. The molecular formula is C27H35N3O2S. The lowest BCUT2D eigenvalue weighted by Crippen LogP contribution is -2.49. The third kappa shape index (κ3) is 5.16. The molecule has 1 aliphatic carbocycles. The number of nitrogens with zero attached hydrogens (tertiary/aromatic N) is 3. The predicted molar refractivity (Wildman–Crippen MR) is 131 cm³/mol. The number of pyridine rings is 1. The van der Waals surface area contributed by atoms with Crippen molar-refractivity contribution in [2.24, 2.45) is 5.92 Å². The third-order valence-corrected chi connectivity index (χ3v) is 9.09. The van der Waals surface area contributed by atoms with E-state index in [0.717, 1.165) is 62.4 Å². The average molecular weight is 466 g/mol. The van der Waals surface area contributed by atoms with Crippen molar-refractivity contribution in [1.29, 1.82) is 0 Å². The molecule has 1 saturated carbocycles. The van der Waals surface area contributed by atoms with Gasteiger partial charge in [0.2, 0.25) is 5.91 Å². The van der Waals surface area contributed by atoms with Crippen molar-refractivity contribution in [3.8, 4) is 0 Å². The molecule has 2 aromatic rings. The second kappa shape index (κ2) is 10.4. The van der Waals surface area contributed by atoms with Gasteiger partial charge < -0.3 is 9.80 Å². The number of thiophene rings is 1. The first kappa shape index (κ1) is 22.6. The number of carbonyl (C=O) groups excluding carboxylic acids is 2. The maximum absolute atomic E-state index is 13.4. The van der Waals surface area contributed by atoms with Crippen molar-refractivity contribution >= 4 is 23.2 Å². The van der Waals surface area contributed by atoms with Gasteiger partial charge in [-0.25, -0.2) is 0 Å². The molecule has 176 valence electrons. The normalized spacial score (nSPS) is 23.9. The zero-order valence-corrected chi connectivity index (χ0v) is 20.3. The standard InChI is InChI=1S/C27H35N3O2S/c31-26(8-7-20-9-13-28-14-10-20)29-16-11-22(12-17-29)25-18-23(19-33-25)27(32)30-15-3-5-21-4-1-2-6-24(21)30/h9-10,13-14,18-19,21-22,24H,1-8,11-12,15-17H2. The molecule has 5 rings (SSSR count). The highest BCUT2D eigenvalue weighted by Crippen LogP contribution is 2.37. The first-order chi connectivity index (χ1) is 16.2. The van der Waals surface area contributed by atoms with E-state index in [1.165, 1.54) is 37.0 Å². The number of aryl methyl sites for hydroxylation is 1. The van der Waals surface area contributed by atoms with Crippen LogP contribution in [-0.4, -0.2) is 52.3 Å². The SMILES string of the molecule is O=C(CCc1ccncc1)N1CCC(c2cc(C(=O)N3CCCC4CCCCC43)cs2)CC1. The highest BCUT2D eigenvalue weighted by Gasteiger charge is 2.36. The second-order valence-electron chi connectivity index (χ2n) is 10.0. The van der Waals surface area contributed by atoms with Crippen molar-refractivity contribution in [2.75, 3.05) is 19.6 Å². The van der Waals surface area contributed by atoms with E-state index in [2.05, 4.69) is 21.3 Å². The maximum Gasteiger partial charge on any atom is 0.254 e. The summed E-state index contributed by atoms with van der Waals surface area (Å²) in [5.74, 6) is 1.68. The first-order valence-electron chi connectivity index (χ1n) is 12.7. The Morgan fingerprint density at radius 1 is 0.970 bits per heavy atom. The molecule has 3 aliphatic rings. The molecule has 0 radical (unpaired) electrons. The number of carbonyl (C=O) groups is 2. The van der Waals surface area contributed by atoms with Crippen LogP contribution in [0.15, 0.2) is 36.0 Å². The van der Waals surface area contributed by atoms with Gasteiger partial charge in [-0.2, -0.15) is 0 Å². The molecule has 0 aromatic carbocycles. The Hall–Kier alpha value is -2.21. The van der Waals surface area contributed by atoms with Crippen LogP contribution in [0, 0.1) is 5.92 Å². The van der Waals surface area contributed by atoms with Crippen LogP contribution >= 0.6 is 11.3 Å². The lowest BCUT2D eigenvalue weighted by molar-refractivity contribution is -0.132. The molecule has 2 aromatic heterocycles. The largest absolute Gasteiger partial charge is 0.343 e. The summed E-state index contributed by atoms with van der Waals surface area (Å²) in [6.07, 6.45) is 14.4. The summed E-state index contributed by atoms with van der Waals surface area (Å²) in [5, 5.41) is 2.08. The predicted octanol–water partition coefficient (Wildman–Crippen LogP) is 5.28. The number of amides is 2. The number of hydrogen-bond donors (Lipinski definition) is 0. The summed E-state index contributed by atoms with van der Waals surface area (Å²) in [6, 6.07) is 6.58. The van der Waals surface area contributed by atoms with E-state index in [0.29, 0.717) is 18.4 Å². The zero-order chi connectivity index (χ0) is 22.6. The fourth-order valence-electron chi connectivity index (χ4n) is 6.09. The molecule has 6 heteroatoms. The van der Waals surface area contributed by atoms with Crippen LogP contribution < -0.4 is 0 Å². The highest BCUT2D eigenvalue weighted by atomic mass is 32.1. The lowest BCUT2D eigenvalue weighted by atomic mass is 9.78. The first-order valence-corrected chi connectivity index (χ1v) is 13.6. The van der Waals surface area contributed by atoms with Crippen LogP contribution in [-0.2, 0) is 11.2 Å². The van der Waals surface area contributed by atoms with Gasteiger partial charge in [0.25, 0.3) is 5.91 Å². The lowest BCUT2D eigenvalue weighted by Gasteiger charge is -2.44.